The van der Waals surface area contributed by atoms with Gasteiger partial charge in [-0.3, -0.25) is 0 Å². The van der Waals surface area contributed by atoms with Gasteiger partial charge in [0.25, 0.3) is 0 Å². The lowest BCUT2D eigenvalue weighted by Gasteiger charge is -2.32. The van der Waals surface area contributed by atoms with Crippen LogP contribution in [0.5, 0.6) is 0 Å². The first-order chi connectivity index (χ1) is 9.80. The quantitative estimate of drug-likeness (QED) is 0.779. The molecular formula is C17H34N2O2. The fourth-order valence-corrected chi connectivity index (χ4v) is 2.87. The molecule has 0 aromatic rings. The Kier molecular flexibility index (Phi) is 7.50. The van der Waals surface area contributed by atoms with E-state index < -0.39 is 5.60 Å². The molecule has 1 fully saturated rings. The van der Waals surface area contributed by atoms with Crippen molar-refractivity contribution in [2.45, 2.75) is 103 Å². The third-order valence-electron chi connectivity index (χ3n) is 3.96. The molecule has 0 heterocycles. The van der Waals surface area contributed by atoms with Gasteiger partial charge >= 0.3 is 6.09 Å². The zero-order valence-corrected chi connectivity index (χ0v) is 14.5. The Morgan fingerprint density at radius 3 is 2.29 bits per heavy atom. The van der Waals surface area contributed by atoms with E-state index >= 15 is 0 Å². The first kappa shape index (κ1) is 18.3. The van der Waals surface area contributed by atoms with Crippen LogP contribution in [0.1, 0.15) is 79.6 Å². The molecule has 1 aliphatic rings. The summed E-state index contributed by atoms with van der Waals surface area (Å²) in [6.07, 6.45) is 7.88. The highest BCUT2D eigenvalue weighted by molar-refractivity contribution is 5.68. The van der Waals surface area contributed by atoms with Crippen molar-refractivity contribution in [1.29, 1.82) is 0 Å². The molecular weight excluding hydrogens is 264 g/mol. The van der Waals surface area contributed by atoms with Gasteiger partial charge in [-0.05, 0) is 59.8 Å². The Labute approximate surface area is 130 Å². The number of carbonyl (C=O) groups is 1. The predicted octanol–water partition coefficient (Wildman–Crippen LogP) is 3.99. The monoisotopic (exact) mass is 298 g/mol. The summed E-state index contributed by atoms with van der Waals surface area (Å²) in [6.45, 7) is 10.2. The molecule has 4 nitrogen and oxygen atoms in total. The number of hydrogen-bond donors (Lipinski definition) is 2. The molecule has 1 saturated carbocycles. The Balaban J connectivity index is 2.21. The summed E-state index contributed by atoms with van der Waals surface area (Å²) in [6, 6.07) is 1.47. The molecule has 1 aliphatic carbocycles. The van der Waals surface area contributed by atoms with Crippen LogP contribution in [0.15, 0.2) is 0 Å². The summed E-state index contributed by atoms with van der Waals surface area (Å²) in [4.78, 5) is 11.8. The molecule has 4 heteroatoms. The number of hydrogen-bond acceptors (Lipinski definition) is 3. The smallest absolute Gasteiger partial charge is 0.407 e. The highest BCUT2D eigenvalue weighted by Crippen LogP contribution is 2.20. The Morgan fingerprint density at radius 2 is 1.76 bits per heavy atom. The van der Waals surface area contributed by atoms with Crippen LogP contribution in [0.3, 0.4) is 0 Å². The van der Waals surface area contributed by atoms with Crippen LogP contribution in [0.2, 0.25) is 0 Å². The highest BCUT2D eigenvalue weighted by Gasteiger charge is 2.25. The van der Waals surface area contributed by atoms with E-state index in [2.05, 4.69) is 24.5 Å². The topological polar surface area (TPSA) is 50.4 Å². The van der Waals surface area contributed by atoms with E-state index in [1.807, 2.05) is 20.8 Å². The normalized spacial score (nSPS) is 24.4. The average molecular weight is 298 g/mol. The van der Waals surface area contributed by atoms with Crippen LogP contribution in [-0.2, 0) is 4.74 Å². The molecule has 21 heavy (non-hydrogen) atoms. The molecule has 0 spiro atoms. The van der Waals surface area contributed by atoms with Crippen molar-refractivity contribution in [2.24, 2.45) is 0 Å². The predicted molar refractivity (Wildman–Crippen MR) is 87.5 cm³/mol. The van der Waals surface area contributed by atoms with Gasteiger partial charge in [0.2, 0.25) is 0 Å². The lowest BCUT2D eigenvalue weighted by Crippen LogP contribution is -2.45. The van der Waals surface area contributed by atoms with Gasteiger partial charge in [-0.15, -0.1) is 0 Å². The number of carbonyl (C=O) groups excluding carboxylic acids is 1. The van der Waals surface area contributed by atoms with Crippen LogP contribution >= 0.6 is 0 Å². The fourth-order valence-electron chi connectivity index (χ4n) is 2.87. The number of nitrogens with one attached hydrogen (secondary N) is 2. The molecule has 1 rings (SSSR count). The van der Waals surface area contributed by atoms with E-state index in [0.717, 1.165) is 25.7 Å². The van der Waals surface area contributed by atoms with Gasteiger partial charge < -0.3 is 15.4 Å². The second-order valence-corrected chi connectivity index (χ2v) is 7.40. The average Bonchev–Trinajstić information content (AvgIpc) is 2.36. The molecule has 0 aromatic carbocycles. The lowest BCUT2D eigenvalue weighted by atomic mass is 9.90. The summed E-state index contributed by atoms with van der Waals surface area (Å²) in [5.41, 5.74) is -0.419. The second-order valence-electron chi connectivity index (χ2n) is 7.40. The van der Waals surface area contributed by atoms with Crippen LogP contribution in [0.25, 0.3) is 0 Å². The van der Waals surface area contributed by atoms with Gasteiger partial charge in [-0.2, -0.15) is 0 Å². The van der Waals surface area contributed by atoms with Crippen LogP contribution in [0, 0.1) is 0 Å². The molecule has 0 saturated heterocycles. The Bertz CT molecular complexity index is 304. The SMILES string of the molecule is CCCCC(C)NC1CCC(NC(=O)OC(C)(C)C)CC1. The molecule has 0 aromatic heterocycles. The third-order valence-corrected chi connectivity index (χ3v) is 3.96. The van der Waals surface area contributed by atoms with Crippen LogP contribution in [0.4, 0.5) is 4.79 Å². The molecule has 1 amide bonds. The number of amides is 1. The van der Waals surface area contributed by atoms with E-state index in [-0.39, 0.29) is 12.1 Å². The van der Waals surface area contributed by atoms with Gasteiger partial charge in [0.1, 0.15) is 5.60 Å². The molecule has 2 N–H and O–H groups in total. The largest absolute Gasteiger partial charge is 0.444 e. The van der Waals surface area contributed by atoms with Crippen molar-refractivity contribution in [3.63, 3.8) is 0 Å². The van der Waals surface area contributed by atoms with E-state index in [1.165, 1.54) is 19.3 Å². The number of rotatable bonds is 6. The third kappa shape index (κ3) is 8.30. The number of alkyl carbamates (subject to hydrolysis) is 1. The first-order valence-electron chi connectivity index (χ1n) is 8.55. The Hall–Kier alpha value is -0.770. The molecule has 0 bridgehead atoms. The summed E-state index contributed by atoms with van der Waals surface area (Å²) < 4.78 is 5.31. The van der Waals surface area contributed by atoms with Crippen molar-refractivity contribution < 1.29 is 9.53 Å². The maximum Gasteiger partial charge on any atom is 0.407 e. The number of unbranched alkanes of at least 4 members (excludes halogenated alkanes) is 1. The molecule has 124 valence electrons. The van der Waals surface area contributed by atoms with Gasteiger partial charge in [-0.1, -0.05) is 19.8 Å². The van der Waals surface area contributed by atoms with Crippen molar-refractivity contribution >= 4 is 6.09 Å². The lowest BCUT2D eigenvalue weighted by molar-refractivity contribution is 0.0489. The maximum absolute atomic E-state index is 11.8. The van der Waals surface area contributed by atoms with Gasteiger partial charge in [0.15, 0.2) is 0 Å². The van der Waals surface area contributed by atoms with Gasteiger partial charge in [-0.25, -0.2) is 4.79 Å². The number of ether oxygens (including phenoxy) is 1. The maximum atomic E-state index is 11.8. The summed E-state index contributed by atoms with van der Waals surface area (Å²) in [7, 11) is 0. The second kappa shape index (κ2) is 8.62. The van der Waals surface area contributed by atoms with E-state index in [1.54, 1.807) is 0 Å². The summed E-state index contributed by atoms with van der Waals surface area (Å²) in [5, 5.41) is 6.72. The van der Waals surface area contributed by atoms with Gasteiger partial charge in [0, 0.05) is 18.1 Å². The zero-order valence-electron chi connectivity index (χ0n) is 14.5. The molecule has 0 aliphatic heterocycles. The standard InChI is InChI=1S/C17H34N2O2/c1-6-7-8-13(2)18-14-9-11-15(12-10-14)19-16(20)21-17(3,4)5/h13-15,18H,6-12H2,1-5H3,(H,19,20). The van der Waals surface area contributed by atoms with Crippen molar-refractivity contribution in [3.05, 3.63) is 0 Å². The minimum absolute atomic E-state index is 0.267. The minimum atomic E-state index is -0.419. The molecule has 1 atom stereocenters. The van der Waals surface area contributed by atoms with Crippen molar-refractivity contribution in [3.8, 4) is 0 Å². The highest BCUT2D eigenvalue weighted by atomic mass is 16.6. The summed E-state index contributed by atoms with van der Waals surface area (Å²) >= 11 is 0. The molecule has 0 radical (unpaired) electrons. The van der Waals surface area contributed by atoms with E-state index in [0.29, 0.717) is 12.1 Å². The molecule has 1 unspecified atom stereocenters. The summed E-state index contributed by atoms with van der Waals surface area (Å²) in [5.74, 6) is 0. The Morgan fingerprint density at radius 1 is 1.19 bits per heavy atom. The van der Waals surface area contributed by atoms with E-state index in [9.17, 15) is 4.79 Å². The zero-order chi connectivity index (χ0) is 15.9. The van der Waals surface area contributed by atoms with Crippen LogP contribution in [-0.4, -0.2) is 29.8 Å². The minimum Gasteiger partial charge on any atom is -0.444 e. The van der Waals surface area contributed by atoms with Crippen molar-refractivity contribution in [2.75, 3.05) is 0 Å². The van der Waals surface area contributed by atoms with Crippen LogP contribution < -0.4 is 10.6 Å². The van der Waals surface area contributed by atoms with Crippen molar-refractivity contribution in [1.82, 2.24) is 10.6 Å². The van der Waals surface area contributed by atoms with E-state index in [4.69, 9.17) is 4.74 Å². The first-order valence-corrected chi connectivity index (χ1v) is 8.55. The fraction of sp³-hybridized carbons (Fsp3) is 0.941. The van der Waals surface area contributed by atoms with Gasteiger partial charge in [0.05, 0.1) is 0 Å².